The minimum absolute atomic E-state index is 0.354. The lowest BCUT2D eigenvalue weighted by Gasteiger charge is -2.07. The Balaban J connectivity index is 2.72. The number of thiocarbonyl (C=S) groups is 1. The zero-order valence-electron chi connectivity index (χ0n) is 9.32. The second-order valence-corrected chi connectivity index (χ2v) is 5.45. The van der Waals surface area contributed by atoms with E-state index in [1.54, 1.807) is 12.3 Å². The third-order valence-electron chi connectivity index (χ3n) is 1.93. The van der Waals surface area contributed by atoms with E-state index in [9.17, 15) is 4.21 Å². The predicted octanol–water partition coefficient (Wildman–Crippen LogP) is 0.815. The first-order valence-electron chi connectivity index (χ1n) is 4.81. The molecule has 0 amide bonds. The molecule has 0 spiro atoms. The summed E-state index contributed by atoms with van der Waals surface area (Å²) in [5, 5.41) is 3.09. The van der Waals surface area contributed by atoms with Crippen molar-refractivity contribution < 1.29 is 4.21 Å². The fourth-order valence-corrected chi connectivity index (χ4v) is 1.73. The normalized spacial score (nSPS) is 12.1. The van der Waals surface area contributed by atoms with Crippen molar-refractivity contribution in [3.63, 3.8) is 0 Å². The van der Waals surface area contributed by atoms with Gasteiger partial charge in [-0.3, -0.25) is 4.21 Å². The van der Waals surface area contributed by atoms with Crippen molar-refractivity contribution in [1.29, 1.82) is 0 Å². The average molecular weight is 257 g/mol. The Morgan fingerprint density at radius 1 is 1.62 bits per heavy atom. The van der Waals surface area contributed by atoms with Gasteiger partial charge in [0.2, 0.25) is 0 Å². The minimum atomic E-state index is -0.799. The van der Waals surface area contributed by atoms with E-state index in [0.717, 1.165) is 11.3 Å². The summed E-state index contributed by atoms with van der Waals surface area (Å²) < 4.78 is 10.9. The van der Waals surface area contributed by atoms with Crippen molar-refractivity contribution in [2.75, 3.05) is 23.9 Å². The fourth-order valence-electron chi connectivity index (χ4n) is 1.22. The highest BCUT2D eigenvalue weighted by atomic mass is 32.2. The van der Waals surface area contributed by atoms with Gasteiger partial charge in [-0.2, -0.15) is 0 Å². The highest BCUT2D eigenvalue weighted by Crippen LogP contribution is 2.09. The second kappa shape index (κ2) is 5.91. The Bertz CT molecular complexity index is 421. The standard InChI is InChI=1S/C10H15N3OS2/c1-7-5-8(10(11)15)6-9(13-7)12-3-4-16(2)14/h5-6H,3-4H2,1-2H3,(H2,11,15)(H,12,13). The summed E-state index contributed by atoms with van der Waals surface area (Å²) in [6, 6.07) is 3.64. The van der Waals surface area contributed by atoms with Gasteiger partial charge in [-0.05, 0) is 19.1 Å². The van der Waals surface area contributed by atoms with Gasteiger partial charge in [0, 0.05) is 40.6 Å². The first kappa shape index (κ1) is 13.1. The monoisotopic (exact) mass is 257 g/mol. The van der Waals surface area contributed by atoms with Crippen LogP contribution in [0.3, 0.4) is 0 Å². The van der Waals surface area contributed by atoms with Crippen LogP contribution >= 0.6 is 12.2 Å². The van der Waals surface area contributed by atoms with Crippen molar-refractivity contribution in [2.45, 2.75) is 6.92 Å². The van der Waals surface area contributed by atoms with Crippen LogP contribution in [0.4, 0.5) is 5.82 Å². The summed E-state index contributed by atoms with van der Waals surface area (Å²) >= 11 is 4.91. The van der Waals surface area contributed by atoms with Crippen LogP contribution in [0.25, 0.3) is 0 Å². The van der Waals surface area contributed by atoms with E-state index in [4.69, 9.17) is 18.0 Å². The van der Waals surface area contributed by atoms with Gasteiger partial charge < -0.3 is 11.1 Å². The van der Waals surface area contributed by atoms with Crippen LogP contribution in [-0.2, 0) is 10.8 Å². The molecule has 1 unspecified atom stereocenters. The molecule has 0 fully saturated rings. The smallest absolute Gasteiger partial charge is 0.126 e. The molecule has 1 aromatic heterocycles. The maximum atomic E-state index is 10.9. The molecule has 0 bridgehead atoms. The molecule has 0 aliphatic rings. The molecule has 0 aliphatic heterocycles. The second-order valence-electron chi connectivity index (χ2n) is 3.45. The van der Waals surface area contributed by atoms with Gasteiger partial charge in [-0.15, -0.1) is 0 Å². The fraction of sp³-hybridized carbons (Fsp3) is 0.400. The molecule has 6 heteroatoms. The summed E-state index contributed by atoms with van der Waals surface area (Å²) in [6.45, 7) is 2.50. The summed E-state index contributed by atoms with van der Waals surface area (Å²) in [4.78, 5) is 4.64. The number of anilines is 1. The molecular formula is C10H15N3OS2. The SMILES string of the molecule is Cc1cc(C(N)=S)cc(NCCS(C)=O)n1. The molecule has 0 saturated carbocycles. The van der Waals surface area contributed by atoms with E-state index in [2.05, 4.69) is 10.3 Å². The molecule has 1 atom stereocenters. The van der Waals surface area contributed by atoms with Crippen LogP contribution in [0, 0.1) is 6.92 Å². The maximum Gasteiger partial charge on any atom is 0.126 e. The molecule has 88 valence electrons. The van der Waals surface area contributed by atoms with Crippen LogP contribution in [0.15, 0.2) is 12.1 Å². The van der Waals surface area contributed by atoms with Crippen molar-refractivity contribution in [3.8, 4) is 0 Å². The molecule has 3 N–H and O–H groups in total. The molecule has 1 rings (SSSR count). The number of nitrogens with two attached hydrogens (primary N) is 1. The van der Waals surface area contributed by atoms with E-state index >= 15 is 0 Å². The van der Waals surface area contributed by atoms with Gasteiger partial charge in [0.05, 0.1) is 0 Å². The molecule has 0 aliphatic carbocycles. The number of nitrogens with one attached hydrogen (secondary N) is 1. The van der Waals surface area contributed by atoms with Gasteiger partial charge in [0.15, 0.2) is 0 Å². The number of hydrogen-bond donors (Lipinski definition) is 2. The van der Waals surface area contributed by atoms with Crippen LogP contribution < -0.4 is 11.1 Å². The van der Waals surface area contributed by atoms with Crippen molar-refractivity contribution >= 4 is 33.8 Å². The molecule has 16 heavy (non-hydrogen) atoms. The summed E-state index contributed by atoms with van der Waals surface area (Å²) in [5.41, 5.74) is 7.20. The number of aryl methyl sites for hydroxylation is 1. The lowest BCUT2D eigenvalue weighted by Crippen LogP contribution is -2.14. The highest BCUT2D eigenvalue weighted by molar-refractivity contribution is 7.84. The van der Waals surface area contributed by atoms with Crippen LogP contribution in [0.5, 0.6) is 0 Å². The first-order chi connectivity index (χ1) is 7.49. The maximum absolute atomic E-state index is 10.9. The third-order valence-corrected chi connectivity index (χ3v) is 2.95. The van der Waals surface area contributed by atoms with Crippen LogP contribution in [0.1, 0.15) is 11.3 Å². The quantitative estimate of drug-likeness (QED) is 0.764. The van der Waals surface area contributed by atoms with Gasteiger partial charge in [0.1, 0.15) is 10.8 Å². The Labute approximate surface area is 103 Å². The molecule has 0 saturated heterocycles. The molecule has 1 heterocycles. The number of pyridine rings is 1. The van der Waals surface area contributed by atoms with Crippen LogP contribution in [-0.4, -0.2) is 32.7 Å². The Morgan fingerprint density at radius 2 is 2.31 bits per heavy atom. The molecule has 0 aromatic carbocycles. The summed E-state index contributed by atoms with van der Waals surface area (Å²) in [6.07, 6.45) is 1.67. The van der Waals surface area contributed by atoms with E-state index < -0.39 is 10.8 Å². The molecular weight excluding hydrogens is 242 g/mol. The predicted molar refractivity (Wildman–Crippen MR) is 72.3 cm³/mol. The number of nitrogens with zero attached hydrogens (tertiary/aromatic N) is 1. The molecule has 0 radical (unpaired) electrons. The lowest BCUT2D eigenvalue weighted by atomic mass is 10.2. The number of hydrogen-bond acceptors (Lipinski definition) is 4. The van der Waals surface area contributed by atoms with Crippen LogP contribution in [0.2, 0.25) is 0 Å². The summed E-state index contributed by atoms with van der Waals surface area (Å²) in [7, 11) is -0.799. The van der Waals surface area contributed by atoms with Gasteiger partial charge >= 0.3 is 0 Å². The van der Waals surface area contributed by atoms with E-state index in [0.29, 0.717) is 23.1 Å². The summed E-state index contributed by atoms with van der Waals surface area (Å²) in [5.74, 6) is 1.31. The van der Waals surface area contributed by atoms with Gasteiger partial charge in [0.25, 0.3) is 0 Å². The third kappa shape index (κ3) is 4.24. The van der Waals surface area contributed by atoms with Crippen molar-refractivity contribution in [1.82, 2.24) is 4.98 Å². The van der Waals surface area contributed by atoms with Gasteiger partial charge in [-0.25, -0.2) is 4.98 Å². The zero-order valence-corrected chi connectivity index (χ0v) is 11.0. The van der Waals surface area contributed by atoms with E-state index in [1.807, 2.05) is 13.0 Å². The van der Waals surface area contributed by atoms with Crippen molar-refractivity contribution in [2.24, 2.45) is 5.73 Å². The zero-order chi connectivity index (χ0) is 12.1. The lowest BCUT2D eigenvalue weighted by molar-refractivity contribution is 0.687. The topological polar surface area (TPSA) is 68.0 Å². The highest BCUT2D eigenvalue weighted by Gasteiger charge is 2.02. The Kier molecular flexibility index (Phi) is 4.82. The molecule has 1 aromatic rings. The van der Waals surface area contributed by atoms with E-state index in [1.165, 1.54) is 0 Å². The van der Waals surface area contributed by atoms with Crippen molar-refractivity contribution in [3.05, 3.63) is 23.4 Å². The van der Waals surface area contributed by atoms with E-state index in [-0.39, 0.29) is 0 Å². The average Bonchev–Trinajstić information content (AvgIpc) is 2.16. The molecule has 4 nitrogen and oxygen atoms in total. The first-order valence-corrected chi connectivity index (χ1v) is 6.95. The number of rotatable bonds is 5. The van der Waals surface area contributed by atoms with Gasteiger partial charge in [-0.1, -0.05) is 12.2 Å². The minimum Gasteiger partial charge on any atom is -0.389 e. The number of aromatic nitrogens is 1. The Morgan fingerprint density at radius 3 is 2.88 bits per heavy atom. The Hall–Kier alpha value is -1.01. The largest absolute Gasteiger partial charge is 0.389 e.